The van der Waals surface area contributed by atoms with Gasteiger partial charge in [0.25, 0.3) is 0 Å². The second-order valence-electron chi connectivity index (χ2n) is 9.29. The first-order chi connectivity index (χ1) is 14.6. The molecule has 0 aromatic heterocycles. The average molecular weight is 409 g/mol. The van der Waals surface area contributed by atoms with E-state index >= 15 is 0 Å². The Morgan fingerprint density at radius 3 is 2.50 bits per heavy atom. The zero-order valence-corrected chi connectivity index (χ0v) is 18.1. The Hall–Kier alpha value is -1.95. The fraction of sp³-hybridized carbons (Fsp3) is 0.520. The molecule has 2 heterocycles. The molecule has 0 bridgehead atoms. The number of fused-ring (bicyclic) bond motifs is 1. The minimum absolute atomic E-state index is 0.0276. The molecule has 0 amide bonds. The third-order valence-corrected chi connectivity index (χ3v) is 7.39. The monoisotopic (exact) mass is 408 g/mol. The fourth-order valence-corrected chi connectivity index (χ4v) is 5.75. The number of likely N-dealkylation sites (tertiary alicyclic amines) is 1. The maximum absolute atomic E-state index is 14.6. The summed E-state index contributed by atoms with van der Waals surface area (Å²) in [5.74, 6) is 0.424. The zero-order valence-electron chi connectivity index (χ0n) is 18.1. The molecule has 5 rings (SSSR count). The second-order valence-corrected chi connectivity index (χ2v) is 9.29. The van der Waals surface area contributed by atoms with E-state index in [0.29, 0.717) is 12.0 Å². The number of hydrogen-bond acceptors (Lipinski definition) is 4. The van der Waals surface area contributed by atoms with Gasteiger partial charge in [0.05, 0.1) is 0 Å². The molecular formula is C25H33FN4. The molecule has 160 valence electrons. The summed E-state index contributed by atoms with van der Waals surface area (Å²) in [5.41, 5.74) is 4.88. The Bertz CT molecular complexity index is 875. The fourth-order valence-electron chi connectivity index (χ4n) is 5.75. The Labute approximate surface area is 179 Å². The van der Waals surface area contributed by atoms with Gasteiger partial charge in [-0.25, -0.2) is 4.39 Å². The molecule has 2 aromatic rings. The number of piperazine rings is 1. The average Bonchev–Trinajstić information content (AvgIpc) is 3.40. The van der Waals surface area contributed by atoms with E-state index in [1.807, 2.05) is 6.07 Å². The molecule has 0 saturated carbocycles. The van der Waals surface area contributed by atoms with Crippen molar-refractivity contribution in [3.8, 4) is 0 Å². The van der Waals surface area contributed by atoms with Gasteiger partial charge in [0.1, 0.15) is 5.82 Å². The number of aryl methyl sites for hydroxylation is 1. The number of anilines is 1. The van der Waals surface area contributed by atoms with E-state index in [4.69, 9.17) is 0 Å². The molecule has 2 saturated heterocycles. The van der Waals surface area contributed by atoms with E-state index < -0.39 is 0 Å². The highest BCUT2D eigenvalue weighted by molar-refractivity contribution is 5.49. The van der Waals surface area contributed by atoms with Gasteiger partial charge in [0, 0.05) is 68.5 Å². The predicted molar refractivity (Wildman–Crippen MR) is 121 cm³/mol. The van der Waals surface area contributed by atoms with Crippen LogP contribution >= 0.6 is 0 Å². The van der Waals surface area contributed by atoms with Crippen molar-refractivity contribution in [3.63, 3.8) is 0 Å². The molecule has 0 radical (unpaired) electrons. The highest BCUT2D eigenvalue weighted by atomic mass is 19.1. The van der Waals surface area contributed by atoms with Gasteiger partial charge < -0.3 is 15.1 Å². The molecule has 1 N–H and O–H groups in total. The number of nitrogens with zero attached hydrogens (tertiary/aromatic N) is 3. The molecule has 3 atom stereocenters. The first-order valence-corrected chi connectivity index (χ1v) is 11.3. The second kappa shape index (κ2) is 8.29. The first kappa shape index (κ1) is 20.0. The van der Waals surface area contributed by atoms with Gasteiger partial charge in [0.2, 0.25) is 0 Å². The third-order valence-electron chi connectivity index (χ3n) is 7.39. The Kier molecular flexibility index (Phi) is 5.52. The first-order valence-electron chi connectivity index (χ1n) is 11.3. The topological polar surface area (TPSA) is 21.8 Å². The largest absolute Gasteiger partial charge is 0.369 e. The number of benzene rings is 2. The lowest BCUT2D eigenvalue weighted by molar-refractivity contribution is 0.213. The minimum Gasteiger partial charge on any atom is -0.369 e. The minimum atomic E-state index is -0.0276. The Morgan fingerprint density at radius 2 is 1.77 bits per heavy atom. The molecular weight excluding hydrogens is 375 g/mol. The molecule has 1 unspecified atom stereocenters. The number of halogens is 1. The van der Waals surface area contributed by atoms with Gasteiger partial charge in [-0.15, -0.1) is 0 Å². The van der Waals surface area contributed by atoms with Crippen molar-refractivity contribution in [2.24, 2.45) is 0 Å². The lowest BCUT2D eigenvalue weighted by Gasteiger charge is -2.30. The maximum atomic E-state index is 14.6. The summed E-state index contributed by atoms with van der Waals surface area (Å²) >= 11 is 0. The molecule has 5 heteroatoms. The molecule has 1 aliphatic carbocycles. The van der Waals surface area contributed by atoms with Crippen LogP contribution in [0.25, 0.3) is 0 Å². The van der Waals surface area contributed by atoms with Crippen molar-refractivity contribution in [2.75, 3.05) is 58.3 Å². The van der Waals surface area contributed by atoms with E-state index in [-0.39, 0.29) is 11.9 Å². The van der Waals surface area contributed by atoms with Gasteiger partial charge >= 0.3 is 0 Å². The summed E-state index contributed by atoms with van der Waals surface area (Å²) in [4.78, 5) is 7.35. The van der Waals surface area contributed by atoms with Gasteiger partial charge in [-0.3, -0.25) is 4.90 Å². The maximum Gasteiger partial charge on any atom is 0.128 e. The molecule has 2 aliphatic heterocycles. The molecule has 2 fully saturated rings. The summed E-state index contributed by atoms with van der Waals surface area (Å²) in [6, 6.07) is 15.5. The van der Waals surface area contributed by atoms with Crippen molar-refractivity contribution < 1.29 is 4.39 Å². The zero-order chi connectivity index (χ0) is 20.7. The lowest BCUT2D eigenvalue weighted by atomic mass is 9.93. The molecule has 30 heavy (non-hydrogen) atoms. The van der Waals surface area contributed by atoms with Crippen LogP contribution in [0, 0.1) is 5.82 Å². The summed E-state index contributed by atoms with van der Waals surface area (Å²) < 4.78 is 14.6. The van der Waals surface area contributed by atoms with Crippen LogP contribution in [0.1, 0.15) is 35.1 Å². The predicted octanol–water partition coefficient (Wildman–Crippen LogP) is 3.25. The standard InChI is InChI=1S/C25H33FN4/c1-28(2)24-17-30(23-11-8-19-4-3-5-22(26)25(19)23)16-21(24)18-6-9-20(10-7-18)29-14-12-27-13-15-29/h3-7,9-10,21,23-24,27H,8,11-17H2,1-2H3/t21-,23?,24+/m1/s1. The number of hydrogen-bond donors (Lipinski definition) is 1. The van der Waals surface area contributed by atoms with Crippen LogP contribution in [-0.2, 0) is 6.42 Å². The van der Waals surface area contributed by atoms with Crippen LogP contribution in [0.4, 0.5) is 10.1 Å². The molecule has 0 spiro atoms. The Balaban J connectivity index is 1.37. The summed E-state index contributed by atoms with van der Waals surface area (Å²) in [6.45, 7) is 6.25. The summed E-state index contributed by atoms with van der Waals surface area (Å²) in [7, 11) is 4.36. The van der Waals surface area contributed by atoms with Crippen LogP contribution in [0.3, 0.4) is 0 Å². The van der Waals surface area contributed by atoms with E-state index in [0.717, 1.165) is 57.7 Å². The van der Waals surface area contributed by atoms with Gasteiger partial charge in [-0.1, -0.05) is 24.3 Å². The highest BCUT2D eigenvalue weighted by Gasteiger charge is 2.41. The third kappa shape index (κ3) is 3.64. The normalized spacial score (nSPS) is 27.1. The molecule has 3 aliphatic rings. The highest BCUT2D eigenvalue weighted by Crippen LogP contribution is 2.42. The molecule has 4 nitrogen and oxygen atoms in total. The van der Waals surface area contributed by atoms with Crippen LogP contribution < -0.4 is 10.2 Å². The summed E-state index contributed by atoms with van der Waals surface area (Å²) in [6.07, 6.45) is 2.02. The summed E-state index contributed by atoms with van der Waals surface area (Å²) in [5, 5.41) is 3.42. The van der Waals surface area contributed by atoms with Crippen LogP contribution in [-0.4, -0.2) is 69.2 Å². The number of rotatable bonds is 4. The van der Waals surface area contributed by atoms with E-state index in [1.54, 1.807) is 6.07 Å². The van der Waals surface area contributed by atoms with Crippen LogP contribution in [0.2, 0.25) is 0 Å². The van der Waals surface area contributed by atoms with E-state index in [2.05, 4.69) is 64.4 Å². The van der Waals surface area contributed by atoms with Crippen molar-refractivity contribution in [2.45, 2.75) is 30.8 Å². The smallest absolute Gasteiger partial charge is 0.128 e. The van der Waals surface area contributed by atoms with Crippen molar-refractivity contribution >= 4 is 5.69 Å². The van der Waals surface area contributed by atoms with E-state index in [9.17, 15) is 4.39 Å². The Morgan fingerprint density at radius 1 is 1.00 bits per heavy atom. The number of likely N-dealkylation sites (N-methyl/N-ethyl adjacent to an activating group) is 1. The lowest BCUT2D eigenvalue weighted by Crippen LogP contribution is -2.43. The van der Waals surface area contributed by atoms with Gasteiger partial charge in [-0.05, 0) is 56.3 Å². The van der Waals surface area contributed by atoms with Gasteiger partial charge in [-0.2, -0.15) is 0 Å². The van der Waals surface area contributed by atoms with Crippen LogP contribution in [0.5, 0.6) is 0 Å². The number of nitrogens with one attached hydrogen (secondary N) is 1. The van der Waals surface area contributed by atoms with Gasteiger partial charge in [0.15, 0.2) is 0 Å². The molecule has 2 aromatic carbocycles. The van der Waals surface area contributed by atoms with E-state index in [1.165, 1.54) is 16.8 Å². The SMILES string of the molecule is CN(C)[C@H]1CN(C2CCc3cccc(F)c32)C[C@@H]1c1ccc(N2CCNCC2)cc1. The van der Waals surface area contributed by atoms with Crippen molar-refractivity contribution in [1.29, 1.82) is 0 Å². The van der Waals surface area contributed by atoms with Crippen molar-refractivity contribution in [1.82, 2.24) is 15.1 Å². The van der Waals surface area contributed by atoms with Crippen LogP contribution in [0.15, 0.2) is 42.5 Å². The quantitative estimate of drug-likeness (QED) is 0.838. The van der Waals surface area contributed by atoms with Crippen molar-refractivity contribution in [3.05, 3.63) is 65.0 Å².